The molecule has 0 rings (SSSR count). The lowest BCUT2D eigenvalue weighted by Crippen LogP contribution is -2.61. The first-order chi connectivity index (χ1) is 16.2. The second kappa shape index (κ2) is 16.2. The largest absolute Gasteiger partial charge is 0.464 e. The van der Waals surface area contributed by atoms with Gasteiger partial charge in [-0.25, -0.2) is 4.79 Å². The molecule has 1 atom stereocenters. The van der Waals surface area contributed by atoms with E-state index in [1.165, 1.54) is 43.8 Å². The molecule has 0 bridgehead atoms. The lowest BCUT2D eigenvalue weighted by atomic mass is 10.0. The summed E-state index contributed by atoms with van der Waals surface area (Å²) in [4.78, 5) is 23.8. The van der Waals surface area contributed by atoms with E-state index in [1.807, 2.05) is 0 Å². The van der Waals surface area contributed by atoms with Crippen LogP contribution in [-0.2, 0) is 14.3 Å². The van der Waals surface area contributed by atoms with Crippen LogP contribution in [0, 0.1) is 5.92 Å². The van der Waals surface area contributed by atoms with Crippen LogP contribution in [0.3, 0.4) is 0 Å². The van der Waals surface area contributed by atoms with Crippen molar-refractivity contribution >= 4 is 11.9 Å². The van der Waals surface area contributed by atoms with Gasteiger partial charge in [0.1, 0.15) is 6.04 Å². The topological polar surface area (TPSA) is 55.4 Å². The molecule has 0 aliphatic heterocycles. The molecular weight excluding hydrogens is 483 g/mol. The minimum absolute atomic E-state index is 0.0736. The SMILES string of the molecule is CCCCCCCCCCCCCCOC(=O)C(CC(C)C)NC(=O)C(F)(F)C(F)(F)C(F)(F)F. The highest BCUT2D eigenvalue weighted by Crippen LogP contribution is 2.46. The summed E-state index contributed by atoms with van der Waals surface area (Å²) >= 11 is 0. The number of alkyl halides is 7. The molecule has 0 saturated heterocycles. The van der Waals surface area contributed by atoms with Crippen molar-refractivity contribution in [1.29, 1.82) is 0 Å². The minimum Gasteiger partial charge on any atom is -0.464 e. The first kappa shape index (κ1) is 33.4. The van der Waals surface area contributed by atoms with E-state index in [0.29, 0.717) is 6.42 Å². The first-order valence-electron chi connectivity index (χ1n) is 12.5. The molecule has 0 radical (unpaired) electrons. The van der Waals surface area contributed by atoms with Gasteiger partial charge in [-0.05, 0) is 18.8 Å². The predicted molar refractivity (Wildman–Crippen MR) is 119 cm³/mol. The molecule has 4 nitrogen and oxygen atoms in total. The van der Waals surface area contributed by atoms with E-state index < -0.39 is 35.9 Å². The maximum atomic E-state index is 13.6. The Morgan fingerprint density at radius 3 is 1.57 bits per heavy atom. The van der Waals surface area contributed by atoms with Gasteiger partial charge in [0.05, 0.1) is 6.61 Å². The summed E-state index contributed by atoms with van der Waals surface area (Å²) in [7, 11) is 0. The predicted octanol–water partition coefficient (Wildman–Crippen LogP) is 7.59. The van der Waals surface area contributed by atoms with Crippen LogP contribution in [0.1, 0.15) is 104 Å². The molecule has 35 heavy (non-hydrogen) atoms. The summed E-state index contributed by atoms with van der Waals surface area (Å²) in [5, 5.41) is 1.32. The van der Waals surface area contributed by atoms with Gasteiger partial charge in [0.25, 0.3) is 5.91 Å². The number of halogens is 7. The highest BCUT2D eigenvalue weighted by molar-refractivity contribution is 5.89. The van der Waals surface area contributed by atoms with Gasteiger partial charge < -0.3 is 10.1 Å². The molecule has 0 aromatic rings. The molecule has 1 unspecified atom stereocenters. The minimum atomic E-state index is -6.64. The van der Waals surface area contributed by atoms with Crippen LogP contribution in [-0.4, -0.2) is 42.5 Å². The molecule has 0 aliphatic rings. The second-order valence-electron chi connectivity index (χ2n) is 9.36. The third-order valence-corrected chi connectivity index (χ3v) is 5.57. The fraction of sp³-hybridized carbons (Fsp3) is 0.917. The molecule has 0 aromatic carbocycles. The van der Waals surface area contributed by atoms with Crippen LogP contribution in [0.25, 0.3) is 0 Å². The standard InChI is InChI=1S/C24H40F7NO3/c1-4-5-6-7-8-9-10-11-12-13-14-15-16-35-20(33)19(17-18(2)3)32-21(34)22(25,26)23(27,28)24(29,30)31/h18-19H,4-17H2,1-3H3,(H,32,34). The smallest absolute Gasteiger partial charge is 0.460 e. The molecule has 11 heteroatoms. The van der Waals surface area contributed by atoms with Gasteiger partial charge in [-0.1, -0.05) is 91.4 Å². The van der Waals surface area contributed by atoms with Gasteiger partial charge in [-0.2, -0.15) is 30.7 Å². The Morgan fingerprint density at radius 1 is 0.743 bits per heavy atom. The molecule has 0 aromatic heterocycles. The second-order valence-corrected chi connectivity index (χ2v) is 9.36. The Balaban J connectivity index is 4.42. The normalized spacial score (nSPS) is 13.7. The van der Waals surface area contributed by atoms with Crippen molar-refractivity contribution in [3.05, 3.63) is 0 Å². The van der Waals surface area contributed by atoms with Gasteiger partial charge in [0, 0.05) is 0 Å². The molecule has 0 aliphatic carbocycles. The van der Waals surface area contributed by atoms with Gasteiger partial charge in [0.2, 0.25) is 0 Å². The van der Waals surface area contributed by atoms with Crippen LogP contribution in [0.2, 0.25) is 0 Å². The summed E-state index contributed by atoms with van der Waals surface area (Å²) in [6.45, 7) is 5.21. The highest BCUT2D eigenvalue weighted by Gasteiger charge is 2.76. The Morgan fingerprint density at radius 2 is 1.17 bits per heavy atom. The number of amides is 1. The zero-order valence-corrected chi connectivity index (χ0v) is 20.9. The number of ether oxygens (including phenoxy) is 1. The van der Waals surface area contributed by atoms with E-state index in [-0.39, 0.29) is 18.9 Å². The molecule has 0 saturated carbocycles. The summed E-state index contributed by atoms with van der Waals surface area (Å²) in [5.74, 6) is -17.1. The first-order valence-corrected chi connectivity index (χ1v) is 12.5. The van der Waals surface area contributed by atoms with Crippen molar-refractivity contribution in [3.8, 4) is 0 Å². The zero-order valence-electron chi connectivity index (χ0n) is 20.9. The molecule has 208 valence electrons. The number of esters is 1. The lowest BCUT2D eigenvalue weighted by Gasteiger charge is -2.28. The van der Waals surface area contributed by atoms with Gasteiger partial charge >= 0.3 is 24.0 Å². The van der Waals surface area contributed by atoms with Crippen molar-refractivity contribution in [2.45, 2.75) is 128 Å². The fourth-order valence-electron chi connectivity index (χ4n) is 3.47. The Bertz CT molecular complexity index is 610. The number of nitrogens with one attached hydrogen (secondary N) is 1. The van der Waals surface area contributed by atoms with E-state index >= 15 is 0 Å². The van der Waals surface area contributed by atoms with Crippen molar-refractivity contribution in [3.63, 3.8) is 0 Å². The van der Waals surface area contributed by atoms with E-state index in [9.17, 15) is 40.3 Å². The van der Waals surface area contributed by atoms with Crippen LogP contribution in [0.5, 0.6) is 0 Å². The summed E-state index contributed by atoms with van der Waals surface area (Å²) < 4.78 is 95.3. The highest BCUT2D eigenvalue weighted by atomic mass is 19.4. The third-order valence-electron chi connectivity index (χ3n) is 5.57. The third kappa shape index (κ3) is 12.3. The Labute approximate surface area is 203 Å². The maximum Gasteiger partial charge on any atom is 0.460 e. The molecule has 1 amide bonds. The quantitative estimate of drug-likeness (QED) is 0.108. The number of hydrogen-bond acceptors (Lipinski definition) is 3. The molecular formula is C24H40F7NO3. The van der Waals surface area contributed by atoms with Gasteiger partial charge in [-0.3, -0.25) is 4.79 Å². The maximum absolute atomic E-state index is 13.6. The fourth-order valence-corrected chi connectivity index (χ4v) is 3.47. The summed E-state index contributed by atoms with van der Waals surface area (Å²) in [6, 6.07) is -1.77. The molecule has 0 heterocycles. The molecule has 0 fully saturated rings. The van der Waals surface area contributed by atoms with E-state index in [4.69, 9.17) is 4.74 Å². The average Bonchev–Trinajstić information content (AvgIpc) is 2.74. The summed E-state index contributed by atoms with van der Waals surface area (Å²) in [5.41, 5.74) is 0. The van der Waals surface area contributed by atoms with Crippen LogP contribution >= 0.6 is 0 Å². The number of carbonyl (C=O) groups is 2. The van der Waals surface area contributed by atoms with Crippen molar-refractivity contribution in [1.82, 2.24) is 5.32 Å². The Hall–Kier alpha value is -1.55. The number of carbonyl (C=O) groups excluding carboxylic acids is 2. The van der Waals surface area contributed by atoms with Crippen LogP contribution in [0.15, 0.2) is 0 Å². The monoisotopic (exact) mass is 523 g/mol. The average molecular weight is 524 g/mol. The lowest BCUT2D eigenvalue weighted by molar-refractivity contribution is -0.344. The van der Waals surface area contributed by atoms with Crippen LogP contribution in [0.4, 0.5) is 30.7 Å². The van der Waals surface area contributed by atoms with E-state index in [0.717, 1.165) is 32.1 Å². The van der Waals surface area contributed by atoms with Gasteiger partial charge in [0.15, 0.2) is 0 Å². The number of unbranched alkanes of at least 4 members (excludes halogenated alkanes) is 11. The van der Waals surface area contributed by atoms with E-state index in [2.05, 4.69) is 6.92 Å². The van der Waals surface area contributed by atoms with Crippen LogP contribution < -0.4 is 5.32 Å². The van der Waals surface area contributed by atoms with Gasteiger partial charge in [-0.15, -0.1) is 0 Å². The number of hydrogen-bond donors (Lipinski definition) is 1. The molecule has 1 N–H and O–H groups in total. The zero-order chi connectivity index (χ0) is 27.1. The van der Waals surface area contributed by atoms with E-state index in [1.54, 1.807) is 13.8 Å². The summed E-state index contributed by atoms with van der Waals surface area (Å²) in [6.07, 6.45) is 6.01. The molecule has 0 spiro atoms. The number of rotatable bonds is 19. The Kier molecular flexibility index (Phi) is 15.5. The van der Waals surface area contributed by atoms with Crippen molar-refractivity contribution in [2.75, 3.05) is 6.61 Å². The van der Waals surface area contributed by atoms with Crippen molar-refractivity contribution < 1.29 is 45.1 Å². The van der Waals surface area contributed by atoms with Crippen molar-refractivity contribution in [2.24, 2.45) is 5.92 Å².